The molecule has 0 unspecified atom stereocenters. The number of benzene rings is 2. The van der Waals surface area contributed by atoms with Crippen molar-refractivity contribution in [1.29, 1.82) is 0 Å². The van der Waals surface area contributed by atoms with Crippen LogP contribution in [0.15, 0.2) is 65.3 Å². The number of rotatable bonds is 7. The Balaban J connectivity index is 1.69. The van der Waals surface area contributed by atoms with Crippen LogP contribution >= 0.6 is 0 Å². The van der Waals surface area contributed by atoms with Crippen LogP contribution in [-0.4, -0.2) is 5.11 Å². The minimum atomic E-state index is -0.728. The summed E-state index contributed by atoms with van der Waals surface area (Å²) in [4.78, 5) is 25.7. The molecule has 0 radical (unpaired) electrons. The van der Waals surface area contributed by atoms with E-state index in [9.17, 15) is 14.7 Å². The molecule has 0 aliphatic rings. The lowest BCUT2D eigenvalue weighted by Gasteiger charge is -2.06. The smallest absolute Gasteiger partial charge is 0.351 e. The second-order valence-corrected chi connectivity index (χ2v) is 8.69. The third-order valence-electron chi connectivity index (χ3n) is 6.30. The SMILES string of the molecule is CCCCc1ccc2c(O)c(-c3cc4c(=O)oc5c(CCCC)cccc5c4o3)c(=O)oc2c1. The lowest BCUT2D eigenvalue weighted by molar-refractivity contribution is 0.467. The Labute approximate surface area is 195 Å². The summed E-state index contributed by atoms with van der Waals surface area (Å²) in [6.45, 7) is 4.22. The summed E-state index contributed by atoms with van der Waals surface area (Å²) in [7, 11) is 0. The molecule has 2 aromatic carbocycles. The first-order valence-electron chi connectivity index (χ1n) is 11.8. The first-order valence-corrected chi connectivity index (χ1v) is 11.8. The molecule has 0 amide bonds. The summed E-state index contributed by atoms with van der Waals surface area (Å²) >= 11 is 0. The molecule has 0 bridgehead atoms. The average molecular weight is 459 g/mol. The number of aromatic hydroxyl groups is 1. The normalized spacial score (nSPS) is 11.7. The summed E-state index contributed by atoms with van der Waals surface area (Å²) in [5.41, 5.74) is 1.72. The van der Waals surface area contributed by atoms with Gasteiger partial charge in [0, 0.05) is 6.07 Å². The molecule has 5 aromatic rings. The number of para-hydroxylation sites is 1. The van der Waals surface area contributed by atoms with Crippen molar-refractivity contribution in [3.8, 4) is 17.1 Å². The molecule has 0 saturated heterocycles. The van der Waals surface area contributed by atoms with Gasteiger partial charge in [0.2, 0.25) is 0 Å². The summed E-state index contributed by atoms with van der Waals surface area (Å²) < 4.78 is 17.2. The Bertz CT molecular complexity index is 1630. The van der Waals surface area contributed by atoms with E-state index in [4.69, 9.17) is 13.3 Å². The molecule has 5 rings (SSSR count). The van der Waals surface area contributed by atoms with E-state index < -0.39 is 11.3 Å². The standard InChI is InChI=1S/C28H26O6/c1-3-5-8-16-12-13-18-21(14-16)33-28(31)23(24(18)29)22-15-20-26(32-22)19-11-7-10-17(9-6-4-2)25(19)34-27(20)30/h7,10-15,29H,3-6,8-9H2,1-2H3. The Morgan fingerprint density at radius 3 is 2.35 bits per heavy atom. The Morgan fingerprint density at radius 1 is 0.765 bits per heavy atom. The molecule has 0 saturated carbocycles. The molecule has 6 nitrogen and oxygen atoms in total. The highest BCUT2D eigenvalue weighted by Gasteiger charge is 2.22. The van der Waals surface area contributed by atoms with Gasteiger partial charge in [-0.15, -0.1) is 0 Å². The van der Waals surface area contributed by atoms with Crippen LogP contribution in [0.3, 0.4) is 0 Å². The van der Waals surface area contributed by atoms with Crippen LogP contribution in [0.1, 0.15) is 50.7 Å². The predicted octanol–water partition coefficient (Wildman–Crippen LogP) is 6.70. The van der Waals surface area contributed by atoms with Gasteiger partial charge >= 0.3 is 11.3 Å². The van der Waals surface area contributed by atoms with Gasteiger partial charge in [0.15, 0.2) is 5.58 Å². The third-order valence-corrected chi connectivity index (χ3v) is 6.30. The van der Waals surface area contributed by atoms with Crippen molar-refractivity contribution in [2.24, 2.45) is 0 Å². The number of fused-ring (bicyclic) bond motifs is 4. The van der Waals surface area contributed by atoms with Gasteiger partial charge < -0.3 is 18.4 Å². The summed E-state index contributed by atoms with van der Waals surface area (Å²) in [5, 5.41) is 12.3. The van der Waals surface area contributed by atoms with Crippen molar-refractivity contribution in [3.05, 3.63) is 74.4 Å². The van der Waals surface area contributed by atoms with E-state index >= 15 is 0 Å². The molecular formula is C28H26O6. The summed E-state index contributed by atoms with van der Waals surface area (Å²) in [6.07, 6.45) is 5.72. The number of aryl methyl sites for hydroxylation is 2. The minimum Gasteiger partial charge on any atom is -0.506 e. The van der Waals surface area contributed by atoms with Crippen LogP contribution in [0.25, 0.3) is 44.2 Å². The first-order chi connectivity index (χ1) is 16.5. The fourth-order valence-electron chi connectivity index (χ4n) is 4.44. The maximum absolute atomic E-state index is 12.9. The molecule has 6 heteroatoms. The van der Waals surface area contributed by atoms with Crippen molar-refractivity contribution in [2.45, 2.75) is 52.4 Å². The van der Waals surface area contributed by atoms with Gasteiger partial charge in [-0.05, 0) is 55.0 Å². The molecule has 174 valence electrons. The van der Waals surface area contributed by atoms with E-state index in [0.29, 0.717) is 27.5 Å². The molecule has 0 aliphatic heterocycles. The Hall–Kier alpha value is -3.80. The van der Waals surface area contributed by atoms with E-state index in [-0.39, 0.29) is 22.5 Å². The van der Waals surface area contributed by atoms with Gasteiger partial charge in [0.1, 0.15) is 33.6 Å². The van der Waals surface area contributed by atoms with E-state index in [1.165, 1.54) is 6.07 Å². The zero-order valence-electron chi connectivity index (χ0n) is 19.3. The lowest BCUT2D eigenvalue weighted by Crippen LogP contribution is -2.03. The van der Waals surface area contributed by atoms with Crippen LogP contribution in [0.4, 0.5) is 0 Å². The van der Waals surface area contributed by atoms with Crippen molar-refractivity contribution < 1.29 is 18.4 Å². The summed E-state index contributed by atoms with van der Waals surface area (Å²) in [5.74, 6) is -0.165. The van der Waals surface area contributed by atoms with Crippen molar-refractivity contribution in [2.75, 3.05) is 0 Å². The zero-order valence-corrected chi connectivity index (χ0v) is 19.3. The van der Waals surface area contributed by atoms with Gasteiger partial charge in [-0.2, -0.15) is 0 Å². The highest BCUT2D eigenvalue weighted by atomic mass is 16.4. The van der Waals surface area contributed by atoms with E-state index in [2.05, 4.69) is 13.8 Å². The number of hydrogen-bond donors (Lipinski definition) is 1. The number of unbranched alkanes of at least 4 members (excludes halogenated alkanes) is 2. The summed E-state index contributed by atoms with van der Waals surface area (Å²) in [6, 6.07) is 12.5. The van der Waals surface area contributed by atoms with E-state index in [1.54, 1.807) is 12.1 Å². The fourth-order valence-corrected chi connectivity index (χ4v) is 4.44. The predicted molar refractivity (Wildman–Crippen MR) is 133 cm³/mol. The number of hydrogen-bond acceptors (Lipinski definition) is 6. The van der Waals surface area contributed by atoms with Crippen LogP contribution in [0.5, 0.6) is 5.75 Å². The third kappa shape index (κ3) is 3.69. The van der Waals surface area contributed by atoms with Gasteiger partial charge in [0.25, 0.3) is 0 Å². The van der Waals surface area contributed by atoms with Gasteiger partial charge in [0.05, 0.1) is 10.8 Å². The lowest BCUT2D eigenvalue weighted by atomic mass is 10.0. The van der Waals surface area contributed by atoms with Crippen LogP contribution in [0.2, 0.25) is 0 Å². The van der Waals surface area contributed by atoms with Gasteiger partial charge in [-0.1, -0.05) is 44.9 Å². The molecule has 0 fully saturated rings. The highest BCUT2D eigenvalue weighted by molar-refractivity contribution is 6.03. The van der Waals surface area contributed by atoms with E-state index in [0.717, 1.165) is 49.7 Å². The molecular weight excluding hydrogens is 432 g/mol. The molecule has 34 heavy (non-hydrogen) atoms. The maximum atomic E-state index is 12.9. The molecule has 3 aromatic heterocycles. The quantitative estimate of drug-likeness (QED) is 0.273. The second kappa shape index (κ2) is 8.86. The van der Waals surface area contributed by atoms with Crippen LogP contribution in [0, 0.1) is 0 Å². The van der Waals surface area contributed by atoms with Crippen LogP contribution in [-0.2, 0) is 12.8 Å². The molecule has 0 spiro atoms. The molecule has 0 aliphatic carbocycles. The van der Waals surface area contributed by atoms with Crippen molar-refractivity contribution in [1.82, 2.24) is 0 Å². The molecule has 3 heterocycles. The van der Waals surface area contributed by atoms with Gasteiger partial charge in [-0.25, -0.2) is 9.59 Å². The Kier molecular flexibility index (Phi) is 5.74. The number of furan rings is 1. The first kappa shape index (κ1) is 22.0. The van der Waals surface area contributed by atoms with Crippen LogP contribution < -0.4 is 11.3 Å². The highest BCUT2D eigenvalue weighted by Crippen LogP contribution is 2.37. The zero-order chi connectivity index (χ0) is 23.8. The Morgan fingerprint density at radius 2 is 1.56 bits per heavy atom. The second-order valence-electron chi connectivity index (χ2n) is 8.69. The van der Waals surface area contributed by atoms with Crippen molar-refractivity contribution >= 4 is 32.9 Å². The minimum absolute atomic E-state index is 0.0666. The van der Waals surface area contributed by atoms with Gasteiger partial charge in [-0.3, -0.25) is 0 Å². The van der Waals surface area contributed by atoms with E-state index in [1.807, 2.05) is 24.3 Å². The fraction of sp³-hybridized carbons (Fsp3) is 0.286. The largest absolute Gasteiger partial charge is 0.506 e. The average Bonchev–Trinajstić information content (AvgIpc) is 3.27. The maximum Gasteiger partial charge on any atom is 0.351 e. The topological polar surface area (TPSA) is 93.8 Å². The monoisotopic (exact) mass is 458 g/mol. The molecule has 1 N–H and O–H groups in total. The molecule has 0 atom stereocenters. The van der Waals surface area contributed by atoms with Crippen molar-refractivity contribution in [3.63, 3.8) is 0 Å².